The summed E-state index contributed by atoms with van der Waals surface area (Å²) in [5, 5.41) is 2.08. The van der Waals surface area contributed by atoms with E-state index in [1.807, 2.05) is 62.4 Å². The lowest BCUT2D eigenvalue weighted by Gasteiger charge is -2.09. The maximum absolute atomic E-state index is 12.8. The van der Waals surface area contributed by atoms with Crippen LogP contribution < -0.4 is 4.74 Å². The van der Waals surface area contributed by atoms with E-state index in [1.165, 1.54) is 4.88 Å². The lowest BCUT2D eigenvalue weighted by Crippen LogP contribution is -2.13. The van der Waals surface area contributed by atoms with E-state index in [2.05, 4.69) is 34.2 Å². The van der Waals surface area contributed by atoms with E-state index in [0.29, 0.717) is 5.75 Å². The number of Topliss-reactive ketones (excluding diaryl/α,β-unsaturated/α-hetero) is 1. The van der Waals surface area contributed by atoms with Crippen molar-refractivity contribution >= 4 is 17.1 Å². The first kappa shape index (κ1) is 19.2. The molecule has 3 nitrogen and oxygen atoms in total. The number of carbonyl (C=O) groups is 1. The van der Waals surface area contributed by atoms with Crippen molar-refractivity contribution in [3.63, 3.8) is 0 Å². The van der Waals surface area contributed by atoms with Gasteiger partial charge in [0.25, 0.3) is 0 Å². The van der Waals surface area contributed by atoms with Crippen LogP contribution in [-0.4, -0.2) is 17.0 Å². The monoisotopic (exact) mass is 401 g/mol. The molecule has 4 heteroatoms. The molecular formula is C25H23NO2S. The fraction of sp³-hybridized carbons (Fsp3) is 0.160. The Hall–Kier alpha value is -3.11. The zero-order valence-electron chi connectivity index (χ0n) is 16.6. The van der Waals surface area contributed by atoms with Crippen LogP contribution in [0.4, 0.5) is 0 Å². The van der Waals surface area contributed by atoms with E-state index in [4.69, 9.17) is 4.74 Å². The van der Waals surface area contributed by atoms with Crippen molar-refractivity contribution in [2.75, 3.05) is 6.61 Å². The van der Waals surface area contributed by atoms with Crippen molar-refractivity contribution in [1.82, 2.24) is 4.57 Å². The molecule has 0 aliphatic rings. The predicted molar refractivity (Wildman–Crippen MR) is 119 cm³/mol. The maximum atomic E-state index is 12.8. The average molecular weight is 402 g/mol. The molecule has 0 saturated heterocycles. The minimum Gasteiger partial charge on any atom is -0.485 e. The molecular weight excluding hydrogens is 378 g/mol. The van der Waals surface area contributed by atoms with E-state index >= 15 is 0 Å². The molecule has 2 aromatic heterocycles. The van der Waals surface area contributed by atoms with Crippen LogP contribution in [0.3, 0.4) is 0 Å². The minimum atomic E-state index is 0.00247. The number of nitrogens with zero attached hydrogens (tertiary/aromatic N) is 1. The number of aryl methyl sites for hydroxylation is 1. The molecule has 0 aliphatic carbocycles. The van der Waals surface area contributed by atoms with E-state index in [9.17, 15) is 4.79 Å². The lowest BCUT2D eigenvalue weighted by atomic mass is 10.1. The number of benzene rings is 2. The number of thiophene rings is 1. The van der Waals surface area contributed by atoms with Crippen molar-refractivity contribution in [3.8, 4) is 16.9 Å². The van der Waals surface area contributed by atoms with Gasteiger partial charge in [-0.1, -0.05) is 48.5 Å². The summed E-state index contributed by atoms with van der Waals surface area (Å²) in [7, 11) is 0. The second kappa shape index (κ2) is 8.50. The molecule has 0 radical (unpaired) electrons. The van der Waals surface area contributed by atoms with Crippen molar-refractivity contribution in [2.45, 2.75) is 20.4 Å². The Labute approximate surface area is 175 Å². The summed E-state index contributed by atoms with van der Waals surface area (Å²) in [5.74, 6) is 0.702. The van der Waals surface area contributed by atoms with Crippen LogP contribution in [-0.2, 0) is 6.54 Å². The van der Waals surface area contributed by atoms with Gasteiger partial charge in [0, 0.05) is 21.8 Å². The number of aromatic nitrogens is 1. The molecule has 4 aromatic rings. The summed E-state index contributed by atoms with van der Waals surface area (Å²) in [6.45, 7) is 4.88. The smallest absolute Gasteiger partial charge is 0.202 e. The van der Waals surface area contributed by atoms with Gasteiger partial charge in [0.1, 0.15) is 5.75 Å². The number of ether oxygens (including phenoxy) is 1. The van der Waals surface area contributed by atoms with Gasteiger partial charge in [0.2, 0.25) is 5.78 Å². The number of rotatable bonds is 7. The molecule has 0 fully saturated rings. The Balaban J connectivity index is 1.42. The van der Waals surface area contributed by atoms with Gasteiger partial charge in [-0.2, -0.15) is 0 Å². The summed E-state index contributed by atoms with van der Waals surface area (Å²) < 4.78 is 7.95. The van der Waals surface area contributed by atoms with Crippen LogP contribution in [0.1, 0.15) is 26.6 Å². The summed E-state index contributed by atoms with van der Waals surface area (Å²) in [6.07, 6.45) is 0. The van der Waals surface area contributed by atoms with Crippen molar-refractivity contribution < 1.29 is 9.53 Å². The fourth-order valence-electron chi connectivity index (χ4n) is 3.49. The summed E-state index contributed by atoms with van der Waals surface area (Å²) in [6, 6.07) is 24.2. The number of hydrogen-bond acceptors (Lipinski definition) is 3. The van der Waals surface area contributed by atoms with Gasteiger partial charge in [-0.15, -0.1) is 11.3 Å². The van der Waals surface area contributed by atoms with Crippen LogP contribution in [0, 0.1) is 13.8 Å². The van der Waals surface area contributed by atoms with Crippen molar-refractivity contribution in [1.29, 1.82) is 0 Å². The van der Waals surface area contributed by atoms with E-state index < -0.39 is 0 Å². The Morgan fingerprint density at radius 1 is 0.931 bits per heavy atom. The number of hydrogen-bond donors (Lipinski definition) is 0. The SMILES string of the molecule is Cc1cc(C(=O)COc2ccc(-c3ccccc3)cc2)c(C)n1Cc1cccs1. The average Bonchev–Trinajstić information content (AvgIpc) is 3.37. The van der Waals surface area contributed by atoms with Gasteiger partial charge < -0.3 is 9.30 Å². The Bertz CT molecular complexity index is 1090. The predicted octanol–water partition coefficient (Wildman–Crippen LogP) is 6.14. The highest BCUT2D eigenvalue weighted by molar-refractivity contribution is 7.09. The summed E-state index contributed by atoms with van der Waals surface area (Å²) >= 11 is 1.73. The highest BCUT2D eigenvalue weighted by atomic mass is 32.1. The number of ketones is 1. The number of carbonyl (C=O) groups excluding carboxylic acids is 1. The third-order valence-electron chi connectivity index (χ3n) is 5.10. The zero-order chi connectivity index (χ0) is 20.2. The van der Waals surface area contributed by atoms with Crippen molar-refractivity contribution in [3.05, 3.63) is 100 Å². The highest BCUT2D eigenvalue weighted by Gasteiger charge is 2.16. The van der Waals surface area contributed by atoms with Crippen LogP contribution in [0.5, 0.6) is 5.75 Å². The molecule has 0 N–H and O–H groups in total. The molecule has 29 heavy (non-hydrogen) atoms. The van der Waals surface area contributed by atoms with Gasteiger partial charge in [0.05, 0.1) is 6.54 Å². The molecule has 0 aliphatic heterocycles. The summed E-state index contributed by atoms with van der Waals surface area (Å²) in [5.41, 5.74) is 5.10. The first-order chi connectivity index (χ1) is 14.1. The standard InChI is InChI=1S/C25H23NO2S/c1-18-15-24(19(2)26(18)16-23-9-6-14-29-23)25(27)17-28-22-12-10-21(11-13-22)20-7-4-3-5-8-20/h3-15H,16-17H2,1-2H3. The molecule has 0 bridgehead atoms. The van der Waals surface area contributed by atoms with Gasteiger partial charge in [-0.25, -0.2) is 0 Å². The van der Waals surface area contributed by atoms with Crippen LogP contribution in [0.25, 0.3) is 11.1 Å². The van der Waals surface area contributed by atoms with E-state index in [-0.39, 0.29) is 12.4 Å². The third kappa shape index (κ3) is 4.33. The maximum Gasteiger partial charge on any atom is 0.202 e. The molecule has 0 atom stereocenters. The first-order valence-corrected chi connectivity index (χ1v) is 10.5. The second-order valence-corrected chi connectivity index (χ2v) is 8.08. The normalized spacial score (nSPS) is 10.8. The summed E-state index contributed by atoms with van der Waals surface area (Å²) in [4.78, 5) is 14.0. The lowest BCUT2D eigenvalue weighted by molar-refractivity contribution is 0.0921. The minimum absolute atomic E-state index is 0.00247. The topological polar surface area (TPSA) is 31.2 Å². The fourth-order valence-corrected chi connectivity index (χ4v) is 4.18. The second-order valence-electron chi connectivity index (χ2n) is 7.05. The molecule has 0 amide bonds. The van der Waals surface area contributed by atoms with E-state index in [0.717, 1.165) is 34.6 Å². The zero-order valence-corrected chi connectivity index (χ0v) is 17.4. The van der Waals surface area contributed by atoms with Crippen molar-refractivity contribution in [2.24, 2.45) is 0 Å². The van der Waals surface area contributed by atoms with Gasteiger partial charge in [0.15, 0.2) is 6.61 Å². The Morgan fingerprint density at radius 3 is 2.34 bits per heavy atom. The Kier molecular flexibility index (Phi) is 5.63. The molecule has 2 heterocycles. The quantitative estimate of drug-likeness (QED) is 0.348. The van der Waals surface area contributed by atoms with Crippen LogP contribution in [0.2, 0.25) is 0 Å². The van der Waals surface area contributed by atoms with Crippen LogP contribution >= 0.6 is 11.3 Å². The third-order valence-corrected chi connectivity index (χ3v) is 5.96. The molecule has 0 saturated carbocycles. The van der Waals surface area contributed by atoms with Gasteiger partial charge in [-0.3, -0.25) is 4.79 Å². The van der Waals surface area contributed by atoms with E-state index in [1.54, 1.807) is 11.3 Å². The van der Waals surface area contributed by atoms with Gasteiger partial charge >= 0.3 is 0 Å². The molecule has 146 valence electrons. The molecule has 0 spiro atoms. The Morgan fingerprint density at radius 2 is 1.66 bits per heavy atom. The molecule has 2 aromatic carbocycles. The molecule has 0 unspecified atom stereocenters. The first-order valence-electron chi connectivity index (χ1n) is 9.62. The largest absolute Gasteiger partial charge is 0.485 e. The molecule has 4 rings (SSSR count). The van der Waals surface area contributed by atoms with Crippen LogP contribution in [0.15, 0.2) is 78.2 Å². The van der Waals surface area contributed by atoms with Gasteiger partial charge in [-0.05, 0) is 54.6 Å². The highest BCUT2D eigenvalue weighted by Crippen LogP contribution is 2.23.